The summed E-state index contributed by atoms with van der Waals surface area (Å²) in [6, 6.07) is 42.5. The monoisotopic (exact) mass is 433 g/mol. The first-order chi connectivity index (χ1) is 16.8. The molecule has 2 heterocycles. The van der Waals surface area contributed by atoms with Crippen molar-refractivity contribution in [1.29, 1.82) is 5.26 Å². The van der Waals surface area contributed by atoms with Gasteiger partial charge in [-0.25, -0.2) is 0 Å². The third kappa shape index (κ3) is 2.57. The first kappa shape index (κ1) is 18.7. The Labute approximate surface area is 196 Å². The zero-order chi connectivity index (χ0) is 22.6. The summed E-state index contributed by atoms with van der Waals surface area (Å²) in [5, 5.41) is 14.2. The summed E-state index contributed by atoms with van der Waals surface area (Å²) in [4.78, 5) is 0. The maximum atomic E-state index is 9.45. The van der Waals surface area contributed by atoms with Gasteiger partial charge in [-0.2, -0.15) is 5.26 Å². The van der Waals surface area contributed by atoms with E-state index in [4.69, 9.17) is 0 Å². The van der Waals surface area contributed by atoms with E-state index in [0.717, 1.165) is 33.2 Å². The van der Waals surface area contributed by atoms with Gasteiger partial charge >= 0.3 is 0 Å². The first-order valence-corrected chi connectivity index (χ1v) is 11.4. The molecule has 0 saturated carbocycles. The highest BCUT2D eigenvalue weighted by molar-refractivity contribution is 6.12. The minimum atomic E-state index is 0.678. The van der Waals surface area contributed by atoms with Gasteiger partial charge in [-0.15, -0.1) is 0 Å². The van der Waals surface area contributed by atoms with Crippen molar-refractivity contribution in [2.75, 3.05) is 0 Å². The molecule has 7 rings (SSSR count). The van der Waals surface area contributed by atoms with Gasteiger partial charge < -0.3 is 9.13 Å². The van der Waals surface area contributed by atoms with Crippen molar-refractivity contribution in [1.82, 2.24) is 9.13 Å². The van der Waals surface area contributed by atoms with Crippen LogP contribution in [0.4, 0.5) is 0 Å². The van der Waals surface area contributed by atoms with Gasteiger partial charge in [-0.1, -0.05) is 54.6 Å². The second kappa shape index (κ2) is 7.10. The molecule has 3 nitrogen and oxygen atoms in total. The van der Waals surface area contributed by atoms with Crippen LogP contribution in [0.15, 0.2) is 115 Å². The fourth-order valence-corrected chi connectivity index (χ4v) is 5.28. The molecule has 7 aromatic rings. The molecule has 0 aliphatic carbocycles. The minimum Gasteiger partial charge on any atom is -0.309 e. The summed E-state index contributed by atoms with van der Waals surface area (Å²) in [7, 11) is 0. The fraction of sp³-hybridized carbons (Fsp3) is 0. The van der Waals surface area contributed by atoms with E-state index in [2.05, 4.69) is 118 Å². The first-order valence-electron chi connectivity index (χ1n) is 11.4. The van der Waals surface area contributed by atoms with Crippen LogP contribution in [0, 0.1) is 11.3 Å². The number of rotatable bonds is 2. The van der Waals surface area contributed by atoms with Crippen LogP contribution in [-0.4, -0.2) is 9.13 Å². The van der Waals surface area contributed by atoms with Crippen LogP contribution in [0.25, 0.3) is 55.0 Å². The molecule has 0 fully saturated rings. The van der Waals surface area contributed by atoms with Gasteiger partial charge in [0, 0.05) is 32.9 Å². The molecule has 0 N–H and O–H groups in total. The van der Waals surface area contributed by atoms with Gasteiger partial charge in [0.25, 0.3) is 0 Å². The Bertz CT molecular complexity index is 1910. The highest BCUT2D eigenvalue weighted by atomic mass is 15.0. The molecular weight excluding hydrogens is 414 g/mol. The molecule has 34 heavy (non-hydrogen) atoms. The van der Waals surface area contributed by atoms with Crippen molar-refractivity contribution in [3.8, 4) is 17.4 Å². The second-order valence-electron chi connectivity index (χ2n) is 8.59. The number of nitrogens with zero attached hydrogens (tertiary/aromatic N) is 3. The van der Waals surface area contributed by atoms with Crippen LogP contribution < -0.4 is 0 Å². The smallest absolute Gasteiger partial charge is 0.0991 e. The molecule has 158 valence electrons. The van der Waals surface area contributed by atoms with E-state index in [1.807, 2.05) is 12.1 Å². The number of aromatic nitrogens is 2. The molecule has 0 atom stereocenters. The summed E-state index contributed by atoms with van der Waals surface area (Å²) < 4.78 is 4.64. The number of hydrogen-bond donors (Lipinski definition) is 0. The standard InChI is InChI=1S/C31H19N3/c32-20-21-14-16-30-26(18-21)24-10-4-7-13-29(24)34(30)23-15-17-31-27(19-23)25-11-5-6-12-28(25)33(31)22-8-2-1-3-9-22/h1-19H. The Balaban J connectivity index is 1.58. The Morgan fingerprint density at radius 1 is 0.441 bits per heavy atom. The average Bonchev–Trinajstić information content (AvgIpc) is 3.41. The van der Waals surface area contributed by atoms with E-state index in [0.29, 0.717) is 5.56 Å². The predicted molar refractivity (Wildman–Crippen MR) is 140 cm³/mol. The van der Waals surface area contributed by atoms with Gasteiger partial charge in [0.15, 0.2) is 0 Å². The lowest BCUT2D eigenvalue weighted by atomic mass is 10.1. The highest BCUT2D eigenvalue weighted by Gasteiger charge is 2.16. The molecule has 0 aliphatic rings. The van der Waals surface area contributed by atoms with Crippen molar-refractivity contribution < 1.29 is 0 Å². The molecule has 0 saturated heterocycles. The van der Waals surface area contributed by atoms with Gasteiger partial charge in [-0.3, -0.25) is 0 Å². The van der Waals surface area contributed by atoms with Crippen LogP contribution in [0.3, 0.4) is 0 Å². The number of nitriles is 1. The molecule has 5 aromatic carbocycles. The van der Waals surface area contributed by atoms with E-state index in [-0.39, 0.29) is 0 Å². The predicted octanol–water partition coefficient (Wildman–Crippen LogP) is 7.75. The summed E-state index contributed by atoms with van der Waals surface area (Å²) >= 11 is 0. The van der Waals surface area contributed by atoms with Crippen LogP contribution in [-0.2, 0) is 0 Å². The molecule has 0 radical (unpaired) electrons. The van der Waals surface area contributed by atoms with Gasteiger partial charge in [0.1, 0.15) is 0 Å². The number of fused-ring (bicyclic) bond motifs is 6. The summed E-state index contributed by atoms with van der Waals surface area (Å²) in [5.74, 6) is 0. The average molecular weight is 434 g/mol. The van der Waals surface area contributed by atoms with Crippen molar-refractivity contribution in [3.63, 3.8) is 0 Å². The van der Waals surface area contributed by atoms with Crippen LogP contribution in [0.2, 0.25) is 0 Å². The van der Waals surface area contributed by atoms with E-state index in [1.54, 1.807) is 0 Å². The van der Waals surface area contributed by atoms with E-state index in [9.17, 15) is 5.26 Å². The zero-order valence-electron chi connectivity index (χ0n) is 18.3. The topological polar surface area (TPSA) is 33.6 Å². The number of para-hydroxylation sites is 3. The maximum absolute atomic E-state index is 9.45. The Morgan fingerprint density at radius 3 is 1.65 bits per heavy atom. The minimum absolute atomic E-state index is 0.678. The summed E-state index contributed by atoms with van der Waals surface area (Å²) in [6.07, 6.45) is 0. The van der Waals surface area contributed by atoms with Crippen molar-refractivity contribution in [2.24, 2.45) is 0 Å². The van der Waals surface area contributed by atoms with E-state index in [1.165, 1.54) is 21.8 Å². The third-order valence-corrected chi connectivity index (χ3v) is 6.73. The van der Waals surface area contributed by atoms with Crippen LogP contribution >= 0.6 is 0 Å². The Morgan fingerprint density at radius 2 is 0.971 bits per heavy atom. The molecule has 0 aliphatic heterocycles. The second-order valence-corrected chi connectivity index (χ2v) is 8.59. The fourth-order valence-electron chi connectivity index (χ4n) is 5.28. The lowest BCUT2D eigenvalue weighted by Crippen LogP contribution is -1.95. The van der Waals surface area contributed by atoms with Crippen molar-refractivity contribution >= 4 is 43.6 Å². The molecule has 0 amide bonds. The van der Waals surface area contributed by atoms with Gasteiger partial charge in [0.05, 0.1) is 33.7 Å². The molecule has 0 unspecified atom stereocenters. The van der Waals surface area contributed by atoms with Crippen LogP contribution in [0.1, 0.15) is 5.56 Å². The van der Waals surface area contributed by atoms with Gasteiger partial charge in [-0.05, 0) is 60.7 Å². The molecule has 0 spiro atoms. The highest BCUT2D eigenvalue weighted by Crippen LogP contribution is 2.36. The normalized spacial score (nSPS) is 11.5. The zero-order valence-corrected chi connectivity index (χ0v) is 18.3. The van der Waals surface area contributed by atoms with Crippen LogP contribution in [0.5, 0.6) is 0 Å². The van der Waals surface area contributed by atoms with Gasteiger partial charge in [0.2, 0.25) is 0 Å². The molecular formula is C31H19N3. The molecule has 2 aromatic heterocycles. The van der Waals surface area contributed by atoms with E-state index < -0.39 is 0 Å². The number of benzene rings is 5. The third-order valence-electron chi connectivity index (χ3n) is 6.73. The number of hydrogen-bond acceptors (Lipinski definition) is 1. The summed E-state index contributed by atoms with van der Waals surface area (Å²) in [5.41, 5.74) is 7.56. The van der Waals surface area contributed by atoms with E-state index >= 15 is 0 Å². The maximum Gasteiger partial charge on any atom is 0.0991 e. The van der Waals surface area contributed by atoms with Crippen molar-refractivity contribution in [2.45, 2.75) is 0 Å². The lowest BCUT2D eigenvalue weighted by Gasteiger charge is -2.10. The lowest BCUT2D eigenvalue weighted by molar-refractivity contribution is 1.16. The quantitative estimate of drug-likeness (QED) is 0.274. The van der Waals surface area contributed by atoms with Crippen molar-refractivity contribution in [3.05, 3.63) is 121 Å². The molecule has 0 bridgehead atoms. The summed E-state index contributed by atoms with van der Waals surface area (Å²) in [6.45, 7) is 0. The molecule has 3 heteroatoms. The SMILES string of the molecule is N#Cc1ccc2c(c1)c1ccccc1n2-c1ccc2c(c1)c1ccccc1n2-c1ccccc1. The Hall–Kier alpha value is -4.81. The largest absolute Gasteiger partial charge is 0.309 e. The Kier molecular flexibility index (Phi) is 3.91.